The molecule has 0 bridgehead atoms. The van der Waals surface area contributed by atoms with Gasteiger partial charge in [-0.3, -0.25) is 0 Å². The van der Waals surface area contributed by atoms with Crippen LogP contribution in [0.1, 0.15) is 30.9 Å². The Kier molecular flexibility index (Phi) is 4.82. The van der Waals surface area contributed by atoms with E-state index in [0.717, 1.165) is 24.5 Å². The molecular weight excluding hydrogens is 239 g/mol. The molecule has 0 aliphatic rings. The third-order valence-electron chi connectivity index (χ3n) is 2.77. The molecule has 0 radical (unpaired) electrons. The zero-order chi connectivity index (χ0) is 13.8. The summed E-state index contributed by atoms with van der Waals surface area (Å²) in [6, 6.07) is 3.88. The number of hydrogen-bond donors (Lipinski definition) is 1. The molecule has 0 aliphatic heterocycles. The molecule has 18 heavy (non-hydrogen) atoms. The Morgan fingerprint density at radius 3 is 2.61 bits per heavy atom. The number of anilines is 1. The smallest absolute Gasteiger partial charge is 0.382 e. The largest absolute Gasteiger partial charge is 0.416 e. The average molecular weight is 257 g/mol. The molecule has 1 N–H and O–H groups in total. The fraction of sp³-hybridized carbons (Fsp3) is 0.429. The predicted molar refractivity (Wildman–Crippen MR) is 68.7 cm³/mol. The van der Waals surface area contributed by atoms with Crippen LogP contribution in [0.15, 0.2) is 30.9 Å². The van der Waals surface area contributed by atoms with E-state index in [1.807, 2.05) is 6.92 Å². The van der Waals surface area contributed by atoms with Gasteiger partial charge in [0.05, 0.1) is 5.56 Å². The van der Waals surface area contributed by atoms with E-state index in [1.54, 1.807) is 13.0 Å². The fourth-order valence-electron chi connectivity index (χ4n) is 1.66. The van der Waals surface area contributed by atoms with Gasteiger partial charge >= 0.3 is 6.18 Å². The molecule has 100 valence electrons. The lowest BCUT2D eigenvalue weighted by Gasteiger charge is -2.18. The maximum atomic E-state index is 12.6. The molecule has 1 nitrogen and oxygen atoms in total. The van der Waals surface area contributed by atoms with Gasteiger partial charge in [0.15, 0.2) is 0 Å². The number of alkyl halides is 3. The summed E-state index contributed by atoms with van der Waals surface area (Å²) < 4.78 is 37.8. The normalized spacial score (nSPS) is 13.2. The van der Waals surface area contributed by atoms with E-state index in [2.05, 4.69) is 11.9 Å². The van der Waals surface area contributed by atoms with Crippen LogP contribution in [0.3, 0.4) is 0 Å². The van der Waals surface area contributed by atoms with Gasteiger partial charge in [-0.25, -0.2) is 0 Å². The molecule has 1 unspecified atom stereocenters. The van der Waals surface area contributed by atoms with E-state index in [9.17, 15) is 13.2 Å². The molecule has 0 fully saturated rings. The van der Waals surface area contributed by atoms with Crippen molar-refractivity contribution >= 4 is 5.69 Å². The van der Waals surface area contributed by atoms with Crippen LogP contribution in [0.4, 0.5) is 18.9 Å². The molecule has 0 aliphatic carbocycles. The number of nitrogens with one attached hydrogen (secondary N) is 1. The molecule has 1 aromatic carbocycles. The number of aryl methyl sites for hydroxylation is 1. The molecule has 1 atom stereocenters. The molecule has 0 amide bonds. The van der Waals surface area contributed by atoms with Crippen LogP contribution in [0, 0.1) is 6.92 Å². The van der Waals surface area contributed by atoms with Crippen molar-refractivity contribution in [3.8, 4) is 0 Å². The summed E-state index contributed by atoms with van der Waals surface area (Å²) in [5.41, 5.74) is 0.737. The average Bonchev–Trinajstić information content (AvgIpc) is 2.28. The van der Waals surface area contributed by atoms with Gasteiger partial charge in [-0.1, -0.05) is 12.1 Å². The van der Waals surface area contributed by atoms with Crippen molar-refractivity contribution < 1.29 is 13.2 Å². The Balaban J connectivity index is 2.84. The molecule has 0 heterocycles. The molecule has 0 spiro atoms. The van der Waals surface area contributed by atoms with Gasteiger partial charge in [0.25, 0.3) is 0 Å². The first-order chi connectivity index (χ1) is 8.34. The summed E-state index contributed by atoms with van der Waals surface area (Å²) in [6.07, 6.45) is -0.809. The molecular formula is C14H18F3N. The Hall–Kier alpha value is -1.45. The van der Waals surface area contributed by atoms with Gasteiger partial charge in [0.2, 0.25) is 0 Å². The first kappa shape index (κ1) is 14.6. The van der Waals surface area contributed by atoms with Crippen LogP contribution in [0.25, 0.3) is 0 Å². The molecule has 0 aromatic heterocycles. The second-order valence-electron chi connectivity index (χ2n) is 4.44. The summed E-state index contributed by atoms with van der Waals surface area (Å²) >= 11 is 0. The first-order valence-corrected chi connectivity index (χ1v) is 5.90. The third-order valence-corrected chi connectivity index (χ3v) is 2.77. The zero-order valence-corrected chi connectivity index (χ0v) is 10.6. The van der Waals surface area contributed by atoms with E-state index < -0.39 is 11.7 Å². The highest BCUT2D eigenvalue weighted by molar-refractivity contribution is 5.53. The zero-order valence-electron chi connectivity index (χ0n) is 10.6. The standard InChI is InChI=1S/C14H18F3N/c1-4-5-6-11(3)18-13-9-12(14(15,16)17)8-7-10(13)2/h4,7-9,11,18H,1,5-6H2,2-3H3. The van der Waals surface area contributed by atoms with Crippen LogP contribution < -0.4 is 5.32 Å². The summed E-state index contributed by atoms with van der Waals surface area (Å²) in [5.74, 6) is 0. The van der Waals surface area contributed by atoms with E-state index in [-0.39, 0.29) is 6.04 Å². The number of rotatable bonds is 5. The molecule has 0 saturated heterocycles. The van der Waals surface area contributed by atoms with Crippen molar-refractivity contribution in [2.45, 2.75) is 38.9 Å². The topological polar surface area (TPSA) is 12.0 Å². The van der Waals surface area contributed by atoms with Crippen molar-refractivity contribution in [1.82, 2.24) is 0 Å². The van der Waals surface area contributed by atoms with Crippen LogP contribution in [0.2, 0.25) is 0 Å². The Morgan fingerprint density at radius 1 is 1.39 bits per heavy atom. The lowest BCUT2D eigenvalue weighted by atomic mass is 10.1. The highest BCUT2D eigenvalue weighted by Gasteiger charge is 2.30. The molecule has 1 aromatic rings. The van der Waals surface area contributed by atoms with Gasteiger partial charge in [0, 0.05) is 11.7 Å². The summed E-state index contributed by atoms with van der Waals surface area (Å²) in [4.78, 5) is 0. The number of allylic oxidation sites excluding steroid dienone is 1. The quantitative estimate of drug-likeness (QED) is 0.748. The number of halogens is 3. The summed E-state index contributed by atoms with van der Waals surface area (Å²) in [6.45, 7) is 7.37. The van der Waals surface area contributed by atoms with Crippen molar-refractivity contribution in [1.29, 1.82) is 0 Å². The Morgan fingerprint density at radius 2 is 2.06 bits per heavy atom. The molecule has 1 rings (SSSR count). The van der Waals surface area contributed by atoms with Crippen molar-refractivity contribution in [2.75, 3.05) is 5.32 Å². The van der Waals surface area contributed by atoms with Gasteiger partial charge in [-0.2, -0.15) is 13.2 Å². The Labute approximate surface area is 106 Å². The van der Waals surface area contributed by atoms with Crippen LogP contribution >= 0.6 is 0 Å². The minimum absolute atomic E-state index is 0.116. The van der Waals surface area contributed by atoms with Gasteiger partial charge in [0.1, 0.15) is 0 Å². The van der Waals surface area contributed by atoms with Gasteiger partial charge < -0.3 is 5.32 Å². The summed E-state index contributed by atoms with van der Waals surface area (Å²) in [5, 5.41) is 3.11. The van der Waals surface area contributed by atoms with E-state index in [0.29, 0.717) is 5.69 Å². The third kappa shape index (κ3) is 4.09. The van der Waals surface area contributed by atoms with Crippen molar-refractivity contribution in [2.24, 2.45) is 0 Å². The second kappa shape index (κ2) is 5.94. The monoisotopic (exact) mass is 257 g/mol. The lowest BCUT2D eigenvalue weighted by molar-refractivity contribution is -0.137. The Bertz CT molecular complexity index is 410. The minimum Gasteiger partial charge on any atom is -0.382 e. The minimum atomic E-state index is -4.30. The molecule has 0 saturated carbocycles. The van der Waals surface area contributed by atoms with Crippen LogP contribution in [-0.2, 0) is 6.18 Å². The van der Waals surface area contributed by atoms with Crippen molar-refractivity contribution in [3.63, 3.8) is 0 Å². The number of hydrogen-bond acceptors (Lipinski definition) is 1. The van der Waals surface area contributed by atoms with Gasteiger partial charge in [-0.15, -0.1) is 6.58 Å². The maximum absolute atomic E-state index is 12.6. The van der Waals surface area contributed by atoms with E-state index in [1.165, 1.54) is 12.1 Å². The van der Waals surface area contributed by atoms with Crippen LogP contribution in [0.5, 0.6) is 0 Å². The van der Waals surface area contributed by atoms with E-state index >= 15 is 0 Å². The molecule has 4 heteroatoms. The predicted octanol–water partition coefficient (Wildman–Crippen LogP) is 4.78. The highest BCUT2D eigenvalue weighted by Crippen LogP contribution is 2.32. The summed E-state index contributed by atoms with van der Waals surface area (Å²) in [7, 11) is 0. The number of benzene rings is 1. The highest BCUT2D eigenvalue weighted by atomic mass is 19.4. The fourth-order valence-corrected chi connectivity index (χ4v) is 1.66. The second-order valence-corrected chi connectivity index (χ2v) is 4.44. The SMILES string of the molecule is C=CCCC(C)Nc1cc(C(F)(F)F)ccc1C. The van der Waals surface area contributed by atoms with E-state index in [4.69, 9.17) is 0 Å². The first-order valence-electron chi connectivity index (χ1n) is 5.90. The van der Waals surface area contributed by atoms with Crippen LogP contribution in [-0.4, -0.2) is 6.04 Å². The van der Waals surface area contributed by atoms with Gasteiger partial charge in [-0.05, 0) is 44.4 Å². The lowest BCUT2D eigenvalue weighted by Crippen LogP contribution is -2.16. The van der Waals surface area contributed by atoms with Crippen molar-refractivity contribution in [3.05, 3.63) is 42.0 Å². The maximum Gasteiger partial charge on any atom is 0.416 e.